The molecule has 2 saturated heterocycles. The zero-order valence-corrected chi connectivity index (χ0v) is 27.4. The van der Waals surface area contributed by atoms with Crippen molar-refractivity contribution in [2.24, 2.45) is 17.6 Å². The molecule has 0 unspecified atom stereocenters. The third-order valence-corrected chi connectivity index (χ3v) is 9.99. The van der Waals surface area contributed by atoms with E-state index < -0.39 is 5.91 Å². The van der Waals surface area contributed by atoms with Crippen LogP contribution in [0.15, 0.2) is 30.5 Å². The molecule has 2 aromatic heterocycles. The fourth-order valence-corrected chi connectivity index (χ4v) is 7.11. The molecule has 1 saturated carbocycles. The molecule has 252 valence electrons. The minimum absolute atomic E-state index is 0.0778. The number of rotatable bonds is 9. The number of aromatic amines is 1. The first-order chi connectivity index (χ1) is 22.8. The molecule has 6 rings (SSSR count). The molecule has 2 amide bonds. The average Bonchev–Trinajstić information content (AvgIpc) is 3.60. The fourth-order valence-electron chi connectivity index (χ4n) is 7.11. The Morgan fingerprint density at radius 2 is 1.81 bits per heavy atom. The Bertz CT molecular complexity index is 1550. The van der Waals surface area contributed by atoms with E-state index in [9.17, 15) is 9.59 Å². The number of nitrogens with two attached hydrogens (primary N) is 1. The first kappa shape index (κ1) is 32.7. The monoisotopic (exact) mass is 646 g/mol. The molecule has 0 bridgehead atoms. The summed E-state index contributed by atoms with van der Waals surface area (Å²) in [6, 6.07) is 7.01. The lowest BCUT2D eigenvalue weighted by Crippen LogP contribution is -2.49. The number of nitrogens with one attached hydrogen (secondary N) is 4. The van der Waals surface area contributed by atoms with E-state index in [2.05, 4.69) is 42.7 Å². The van der Waals surface area contributed by atoms with Crippen LogP contribution in [0.4, 0.5) is 27.5 Å². The Hall–Kier alpha value is -4.26. The zero-order chi connectivity index (χ0) is 32.9. The number of hydrogen-bond acceptors (Lipinski definition) is 9. The molecule has 47 heavy (non-hydrogen) atoms. The van der Waals surface area contributed by atoms with Gasteiger partial charge in [-0.25, -0.2) is 14.4 Å². The molecule has 0 radical (unpaired) electrons. The summed E-state index contributed by atoms with van der Waals surface area (Å²) in [5, 5.41) is 9.20. The number of carbonyl (C=O) groups excluding carboxylic acids is 2. The van der Waals surface area contributed by atoms with Gasteiger partial charge in [-0.15, -0.1) is 0 Å². The number of halogens is 1. The molecule has 6 N–H and O–H groups in total. The lowest BCUT2D eigenvalue weighted by atomic mass is 9.91. The van der Waals surface area contributed by atoms with Gasteiger partial charge >= 0.3 is 0 Å². The van der Waals surface area contributed by atoms with Gasteiger partial charge in [0, 0.05) is 51.0 Å². The van der Waals surface area contributed by atoms with Gasteiger partial charge in [0.15, 0.2) is 5.82 Å². The molecular weight excluding hydrogens is 599 g/mol. The molecule has 2 atom stereocenters. The van der Waals surface area contributed by atoms with Crippen LogP contribution >= 0.6 is 0 Å². The summed E-state index contributed by atoms with van der Waals surface area (Å²) in [5.41, 5.74) is 7.62. The highest BCUT2D eigenvalue weighted by Crippen LogP contribution is 2.34. The summed E-state index contributed by atoms with van der Waals surface area (Å²) >= 11 is 0. The highest BCUT2D eigenvalue weighted by atomic mass is 19.1. The number of nitrogens with zero attached hydrogens (tertiary/aromatic N) is 5. The third-order valence-electron chi connectivity index (χ3n) is 9.99. The Balaban J connectivity index is 1.18. The Morgan fingerprint density at radius 3 is 2.55 bits per heavy atom. The van der Waals surface area contributed by atoms with Crippen LogP contribution < -0.4 is 31.5 Å². The van der Waals surface area contributed by atoms with E-state index >= 15 is 4.39 Å². The first-order valence-corrected chi connectivity index (χ1v) is 17.1. The van der Waals surface area contributed by atoms with E-state index in [0.717, 1.165) is 38.5 Å². The quantitative estimate of drug-likeness (QED) is 0.225. The van der Waals surface area contributed by atoms with E-state index in [0.29, 0.717) is 66.6 Å². The Kier molecular flexibility index (Phi) is 10.2. The topological polar surface area (TPSA) is 157 Å². The second kappa shape index (κ2) is 14.7. The van der Waals surface area contributed by atoms with Crippen molar-refractivity contribution >= 4 is 35.0 Å². The number of aromatic nitrogens is 4. The molecule has 13 heteroatoms. The molecule has 0 spiro atoms. The number of para-hydroxylation sites is 1. The number of H-pyrrole nitrogens is 1. The maximum atomic E-state index is 15.1. The number of carbonyl (C=O) groups is 2. The van der Waals surface area contributed by atoms with E-state index in [1.54, 1.807) is 25.4 Å². The first-order valence-electron chi connectivity index (χ1n) is 17.1. The average molecular weight is 647 g/mol. The molecule has 1 aromatic carbocycles. The number of amides is 2. The van der Waals surface area contributed by atoms with Gasteiger partial charge in [-0.2, -0.15) is 4.98 Å². The van der Waals surface area contributed by atoms with E-state index in [1.807, 2.05) is 11.0 Å². The van der Waals surface area contributed by atoms with Gasteiger partial charge in [0.1, 0.15) is 17.3 Å². The fraction of sp³-hybridized carbons (Fsp3) is 0.559. The summed E-state index contributed by atoms with van der Waals surface area (Å²) < 4.78 is 15.1. The second-order valence-electron chi connectivity index (χ2n) is 13.2. The van der Waals surface area contributed by atoms with Crippen LogP contribution in [-0.2, 0) is 4.79 Å². The molecule has 12 nitrogen and oxygen atoms in total. The standard InChI is InChI=1S/C34H47FN10O2/c1-21-11-12-23(32(46)39-24-7-4-3-5-8-24)20-45(21)29-17-27(42-34(37-2)43-29)28-19-38-31(40-28)33(47)41-26-10-6-9-25(35)30(26)44-15-13-22(18-36)14-16-44/h6,9-10,17,19,21-24H,3-5,7-8,11-16,18,20,36H2,1-2H3,(H,38,40)(H,39,46)(H,41,47)(H,37,42,43)/t21-,23+/m0/s1. The molecule has 3 aliphatic rings. The van der Waals surface area contributed by atoms with Crippen LogP contribution in [0.25, 0.3) is 11.4 Å². The van der Waals surface area contributed by atoms with Crippen molar-refractivity contribution in [2.45, 2.75) is 76.8 Å². The SMILES string of the molecule is CNc1nc(-c2c[nH]c(C(=O)Nc3cccc(F)c3N3CCC(CN)CC3)n2)cc(N2C[C@H](C(=O)NC3CCCCC3)CC[C@@H]2C)n1. The molecule has 2 aliphatic heterocycles. The maximum Gasteiger partial charge on any atom is 0.291 e. The zero-order valence-electron chi connectivity index (χ0n) is 27.4. The van der Waals surface area contributed by atoms with Crippen LogP contribution in [0.5, 0.6) is 0 Å². The van der Waals surface area contributed by atoms with Gasteiger partial charge in [0.2, 0.25) is 11.9 Å². The lowest BCUT2D eigenvalue weighted by molar-refractivity contribution is -0.126. The molecule has 3 fully saturated rings. The van der Waals surface area contributed by atoms with E-state index in [-0.39, 0.29) is 35.6 Å². The van der Waals surface area contributed by atoms with Crippen LogP contribution in [0, 0.1) is 17.7 Å². The summed E-state index contributed by atoms with van der Waals surface area (Å²) in [6.45, 7) is 4.67. The number of hydrogen-bond donors (Lipinski definition) is 5. The molecule has 3 aromatic rings. The van der Waals surface area contributed by atoms with Gasteiger partial charge in [-0.1, -0.05) is 25.3 Å². The summed E-state index contributed by atoms with van der Waals surface area (Å²) in [7, 11) is 1.75. The smallest absolute Gasteiger partial charge is 0.291 e. The van der Waals surface area contributed by atoms with Gasteiger partial charge < -0.3 is 36.5 Å². The molecular formula is C34H47FN10O2. The second-order valence-corrected chi connectivity index (χ2v) is 13.2. The van der Waals surface area contributed by atoms with Crippen LogP contribution in [0.1, 0.15) is 75.3 Å². The van der Waals surface area contributed by atoms with Crippen molar-refractivity contribution in [3.05, 3.63) is 42.1 Å². The lowest BCUT2D eigenvalue weighted by Gasteiger charge is -2.39. The summed E-state index contributed by atoms with van der Waals surface area (Å²) in [6.07, 6.45) is 10.8. The number of imidazole rings is 1. The Morgan fingerprint density at radius 1 is 1.02 bits per heavy atom. The largest absolute Gasteiger partial charge is 0.367 e. The van der Waals surface area contributed by atoms with Crippen molar-refractivity contribution in [2.75, 3.05) is 53.7 Å². The number of piperidine rings is 2. The van der Waals surface area contributed by atoms with Gasteiger partial charge in [-0.05, 0) is 70.0 Å². The van der Waals surface area contributed by atoms with Gasteiger partial charge in [0.25, 0.3) is 5.91 Å². The maximum absolute atomic E-state index is 15.1. The van der Waals surface area contributed by atoms with Crippen LogP contribution in [0.3, 0.4) is 0 Å². The highest BCUT2D eigenvalue weighted by molar-refractivity contribution is 6.04. The van der Waals surface area contributed by atoms with E-state index in [1.165, 1.54) is 25.3 Å². The number of benzene rings is 1. The third kappa shape index (κ3) is 7.50. The minimum atomic E-state index is -0.487. The van der Waals surface area contributed by atoms with E-state index in [4.69, 9.17) is 10.7 Å². The Labute approximate surface area is 275 Å². The van der Waals surface area contributed by atoms with Gasteiger partial charge in [-0.3, -0.25) is 9.59 Å². The molecule has 4 heterocycles. The van der Waals surface area contributed by atoms with Crippen LogP contribution in [-0.4, -0.2) is 77.1 Å². The van der Waals surface area contributed by atoms with Gasteiger partial charge in [0.05, 0.1) is 23.0 Å². The predicted octanol–water partition coefficient (Wildman–Crippen LogP) is 4.53. The predicted molar refractivity (Wildman–Crippen MR) is 182 cm³/mol. The van der Waals surface area contributed by atoms with Crippen molar-refractivity contribution in [3.63, 3.8) is 0 Å². The highest BCUT2D eigenvalue weighted by Gasteiger charge is 2.33. The summed E-state index contributed by atoms with van der Waals surface area (Å²) in [4.78, 5) is 47.7. The number of anilines is 4. The van der Waals surface area contributed by atoms with Crippen molar-refractivity contribution in [1.82, 2.24) is 25.3 Å². The summed E-state index contributed by atoms with van der Waals surface area (Å²) in [5.74, 6) is 0.741. The minimum Gasteiger partial charge on any atom is -0.367 e. The van der Waals surface area contributed by atoms with Crippen molar-refractivity contribution in [1.29, 1.82) is 0 Å². The normalized spacial score (nSPS) is 21.0. The molecule has 1 aliphatic carbocycles. The van der Waals surface area contributed by atoms with Crippen molar-refractivity contribution in [3.8, 4) is 11.4 Å². The van der Waals surface area contributed by atoms with Crippen LogP contribution in [0.2, 0.25) is 0 Å². The van der Waals surface area contributed by atoms with Crippen molar-refractivity contribution < 1.29 is 14.0 Å².